The number of hydrogen-bond donors (Lipinski definition) is 3. The van der Waals surface area contributed by atoms with Gasteiger partial charge in [0.25, 0.3) is 6.43 Å². The highest BCUT2D eigenvalue weighted by atomic mass is 19.4. The van der Waals surface area contributed by atoms with Crippen LogP contribution in [-0.2, 0) is 11.8 Å². The smallest absolute Gasteiger partial charge is 0.418 e. The van der Waals surface area contributed by atoms with Gasteiger partial charge in [-0.2, -0.15) is 13.2 Å². The van der Waals surface area contributed by atoms with E-state index >= 15 is 0 Å². The molecular formula is C26H29F5N4O3. The number of alkyl halides is 5. The van der Waals surface area contributed by atoms with E-state index in [9.17, 15) is 32.2 Å². The summed E-state index contributed by atoms with van der Waals surface area (Å²) in [4.78, 5) is 8.22. The fourth-order valence-electron chi connectivity index (χ4n) is 5.71. The van der Waals surface area contributed by atoms with E-state index in [1.54, 1.807) is 6.92 Å². The van der Waals surface area contributed by atoms with E-state index < -0.39 is 35.4 Å². The normalized spacial score (nSPS) is 30.0. The Kier molecular flexibility index (Phi) is 6.64. The first kappa shape index (κ1) is 26.8. The van der Waals surface area contributed by atoms with Crippen LogP contribution in [0, 0.1) is 0 Å². The van der Waals surface area contributed by atoms with Crippen molar-refractivity contribution in [1.82, 2.24) is 19.9 Å². The maximum atomic E-state index is 14.1. The molecule has 3 aromatic rings. The SMILES string of the molecule is C[C@H]1C[C@@](O)(c2ccc(C(F)F)cn2)C[C@@H](COc2cc(C(F)(F)F)c3c(c2)ncn3C2CC(C)(O)C2)N1. The molecule has 3 atom stereocenters. The highest BCUT2D eigenvalue weighted by Gasteiger charge is 2.43. The number of piperidine rings is 1. The summed E-state index contributed by atoms with van der Waals surface area (Å²) in [6.07, 6.45) is -3.86. The van der Waals surface area contributed by atoms with Crippen LogP contribution in [-0.4, -0.2) is 49.0 Å². The zero-order valence-corrected chi connectivity index (χ0v) is 20.8. The van der Waals surface area contributed by atoms with Crippen molar-refractivity contribution in [2.75, 3.05) is 6.61 Å². The van der Waals surface area contributed by atoms with Gasteiger partial charge < -0.3 is 24.8 Å². The molecule has 1 aliphatic heterocycles. The number of rotatable bonds is 6. The van der Waals surface area contributed by atoms with Gasteiger partial charge in [-0.15, -0.1) is 0 Å². The standard InChI is InChI=1S/C26H29F5N4O3/c1-14-7-25(37,21-4-3-15(11-32-21)23(27)28)8-16(34-14)12-38-18-5-19(26(29,30)31)22-20(6-18)33-13-35(22)17-9-24(2,36)10-17/h3-6,11,13-14,16-17,23,34,36-37H,7-10,12H2,1-2H3/t14-,16-,17?,24?,25-/m0/s1. The van der Waals surface area contributed by atoms with Gasteiger partial charge in [0.05, 0.1) is 34.2 Å². The number of nitrogens with zero attached hydrogens (tertiary/aromatic N) is 3. The Hall–Kier alpha value is -2.83. The van der Waals surface area contributed by atoms with Gasteiger partial charge in [-0.25, -0.2) is 13.8 Å². The van der Waals surface area contributed by atoms with E-state index in [-0.39, 0.29) is 59.6 Å². The minimum Gasteiger partial charge on any atom is -0.492 e. The highest BCUT2D eigenvalue weighted by molar-refractivity contribution is 5.82. The van der Waals surface area contributed by atoms with E-state index in [1.807, 2.05) is 6.92 Å². The van der Waals surface area contributed by atoms with Gasteiger partial charge >= 0.3 is 6.18 Å². The van der Waals surface area contributed by atoms with E-state index in [4.69, 9.17) is 4.74 Å². The molecular weight excluding hydrogens is 511 g/mol. The van der Waals surface area contributed by atoms with Gasteiger partial charge in [-0.05, 0) is 51.3 Å². The van der Waals surface area contributed by atoms with Gasteiger partial charge in [0.15, 0.2) is 0 Å². The maximum Gasteiger partial charge on any atom is 0.418 e. The van der Waals surface area contributed by atoms with Gasteiger partial charge in [0.2, 0.25) is 0 Å². The molecule has 0 amide bonds. The predicted octanol–water partition coefficient (Wildman–Crippen LogP) is 4.88. The van der Waals surface area contributed by atoms with Gasteiger partial charge in [-0.3, -0.25) is 4.98 Å². The summed E-state index contributed by atoms with van der Waals surface area (Å²) in [7, 11) is 0. The van der Waals surface area contributed by atoms with Crippen molar-refractivity contribution in [3.05, 3.63) is 53.6 Å². The third-order valence-corrected chi connectivity index (χ3v) is 7.41. The first-order valence-electron chi connectivity index (χ1n) is 12.4. The lowest BCUT2D eigenvalue weighted by molar-refractivity contribution is -0.136. The van der Waals surface area contributed by atoms with E-state index in [0.717, 1.165) is 12.3 Å². The van der Waals surface area contributed by atoms with E-state index in [1.165, 1.54) is 29.1 Å². The molecule has 0 bridgehead atoms. The highest BCUT2D eigenvalue weighted by Crippen LogP contribution is 2.45. The van der Waals surface area contributed by atoms with Crippen molar-refractivity contribution < 1.29 is 36.9 Å². The minimum absolute atomic E-state index is 0.0151. The Morgan fingerprint density at radius 3 is 2.47 bits per heavy atom. The molecule has 1 aliphatic carbocycles. The quantitative estimate of drug-likeness (QED) is 0.386. The molecule has 1 aromatic carbocycles. The number of ether oxygens (including phenoxy) is 1. The zero-order valence-electron chi connectivity index (χ0n) is 20.8. The fourth-order valence-corrected chi connectivity index (χ4v) is 5.71. The summed E-state index contributed by atoms with van der Waals surface area (Å²) < 4.78 is 75.2. The fraction of sp³-hybridized carbons (Fsp3) is 0.538. The summed E-state index contributed by atoms with van der Waals surface area (Å²) in [5, 5.41) is 24.6. The molecule has 1 saturated carbocycles. The number of aliphatic hydroxyl groups is 2. The number of halogens is 5. The third kappa shape index (κ3) is 5.21. The van der Waals surface area contributed by atoms with Crippen LogP contribution >= 0.6 is 0 Å². The van der Waals surface area contributed by atoms with Crippen molar-refractivity contribution in [2.24, 2.45) is 0 Å². The van der Waals surface area contributed by atoms with Crippen molar-refractivity contribution >= 4 is 11.0 Å². The largest absolute Gasteiger partial charge is 0.492 e. The van der Waals surface area contributed by atoms with Crippen LogP contribution in [0.1, 0.15) is 68.8 Å². The third-order valence-electron chi connectivity index (χ3n) is 7.41. The predicted molar refractivity (Wildman–Crippen MR) is 128 cm³/mol. The second kappa shape index (κ2) is 9.42. The average Bonchev–Trinajstić information content (AvgIpc) is 3.23. The van der Waals surface area contributed by atoms with Crippen LogP contribution in [0.15, 0.2) is 36.8 Å². The van der Waals surface area contributed by atoms with Gasteiger partial charge in [0.1, 0.15) is 18.0 Å². The lowest BCUT2D eigenvalue weighted by atomic mass is 9.77. The number of nitrogens with one attached hydrogen (secondary N) is 1. The molecule has 7 nitrogen and oxygen atoms in total. The van der Waals surface area contributed by atoms with E-state index in [0.29, 0.717) is 12.8 Å². The molecule has 0 spiro atoms. The number of benzene rings is 1. The van der Waals surface area contributed by atoms with Crippen LogP contribution in [0.25, 0.3) is 11.0 Å². The molecule has 1 saturated heterocycles. The monoisotopic (exact) mass is 540 g/mol. The topological polar surface area (TPSA) is 92.4 Å². The maximum absolute atomic E-state index is 14.1. The molecule has 3 N–H and O–H groups in total. The number of pyridine rings is 1. The number of aromatic nitrogens is 3. The minimum atomic E-state index is -4.66. The van der Waals surface area contributed by atoms with Crippen LogP contribution in [0.2, 0.25) is 0 Å². The molecule has 2 aromatic heterocycles. The molecule has 38 heavy (non-hydrogen) atoms. The van der Waals surface area contributed by atoms with Crippen molar-refractivity contribution in [3.8, 4) is 5.75 Å². The molecule has 2 fully saturated rings. The van der Waals surface area contributed by atoms with Crippen LogP contribution in [0.3, 0.4) is 0 Å². The number of fused-ring (bicyclic) bond motifs is 1. The average molecular weight is 541 g/mol. The van der Waals surface area contributed by atoms with Crippen molar-refractivity contribution in [1.29, 1.82) is 0 Å². The zero-order chi connectivity index (χ0) is 27.5. The van der Waals surface area contributed by atoms with Crippen LogP contribution in [0.5, 0.6) is 5.75 Å². The van der Waals surface area contributed by atoms with Crippen molar-refractivity contribution in [3.63, 3.8) is 0 Å². The Labute approximate surface area is 215 Å². The second-order valence-electron chi connectivity index (χ2n) is 10.8. The molecule has 3 heterocycles. The van der Waals surface area contributed by atoms with Gasteiger partial charge in [-0.1, -0.05) is 0 Å². The van der Waals surface area contributed by atoms with Crippen LogP contribution < -0.4 is 10.1 Å². The Morgan fingerprint density at radius 2 is 1.87 bits per heavy atom. The Bertz CT molecular complexity index is 1300. The summed E-state index contributed by atoms with van der Waals surface area (Å²) in [6.45, 7) is 3.44. The molecule has 0 unspecified atom stereocenters. The molecule has 2 aliphatic rings. The lowest BCUT2D eigenvalue weighted by Gasteiger charge is -2.42. The first-order chi connectivity index (χ1) is 17.7. The van der Waals surface area contributed by atoms with Crippen molar-refractivity contribution in [2.45, 2.75) is 81.5 Å². The summed E-state index contributed by atoms with van der Waals surface area (Å²) in [6, 6.07) is 4.07. The Balaban J connectivity index is 1.35. The number of imidazole rings is 1. The second-order valence-corrected chi connectivity index (χ2v) is 10.8. The lowest BCUT2D eigenvalue weighted by Crippen LogP contribution is -2.53. The molecule has 12 heteroatoms. The van der Waals surface area contributed by atoms with E-state index in [2.05, 4.69) is 15.3 Å². The summed E-state index contributed by atoms with van der Waals surface area (Å²) in [5.74, 6) is -0.0151. The first-order valence-corrected chi connectivity index (χ1v) is 12.4. The summed E-state index contributed by atoms with van der Waals surface area (Å²) in [5.41, 5.74) is -3.12. The van der Waals surface area contributed by atoms with Crippen LogP contribution in [0.4, 0.5) is 22.0 Å². The molecule has 5 rings (SSSR count). The van der Waals surface area contributed by atoms with Gasteiger partial charge in [0, 0.05) is 42.4 Å². The summed E-state index contributed by atoms with van der Waals surface area (Å²) >= 11 is 0. The molecule has 206 valence electrons. The number of hydrogen-bond acceptors (Lipinski definition) is 6. The molecule has 0 radical (unpaired) electrons. The Morgan fingerprint density at radius 1 is 1.13 bits per heavy atom.